The van der Waals surface area contributed by atoms with E-state index in [1.54, 1.807) is 6.92 Å². The van der Waals surface area contributed by atoms with Gasteiger partial charge in [0.05, 0.1) is 5.75 Å². The summed E-state index contributed by atoms with van der Waals surface area (Å²) in [5, 5.41) is 0. The van der Waals surface area contributed by atoms with Crippen LogP contribution in [0.3, 0.4) is 0 Å². The lowest BCUT2D eigenvalue weighted by atomic mass is 10.1. The molecule has 0 aliphatic carbocycles. The van der Waals surface area contributed by atoms with Crippen LogP contribution in [0.5, 0.6) is 0 Å². The van der Waals surface area contributed by atoms with Crippen LogP contribution in [0.15, 0.2) is 18.5 Å². The molecule has 1 aromatic rings. The van der Waals surface area contributed by atoms with Crippen LogP contribution >= 0.6 is 0 Å². The molecule has 98 valence electrons. The third kappa shape index (κ3) is 4.52. The zero-order valence-electron chi connectivity index (χ0n) is 10.6. The predicted octanol–water partition coefficient (Wildman–Crippen LogP) is 1.72. The first-order valence-electron chi connectivity index (χ1n) is 6.10. The molecule has 1 heterocycles. The first-order chi connectivity index (χ1) is 7.98. The van der Waals surface area contributed by atoms with Gasteiger partial charge < -0.3 is 10.3 Å². The lowest BCUT2D eigenvalue weighted by molar-refractivity contribution is 0.587. The number of sulfone groups is 1. The van der Waals surface area contributed by atoms with Gasteiger partial charge in [-0.2, -0.15) is 0 Å². The van der Waals surface area contributed by atoms with Crippen molar-refractivity contribution in [2.75, 3.05) is 11.5 Å². The maximum absolute atomic E-state index is 11.3. The summed E-state index contributed by atoms with van der Waals surface area (Å²) >= 11 is 0. The number of rotatable bonds is 7. The van der Waals surface area contributed by atoms with Crippen molar-refractivity contribution in [3.8, 4) is 0 Å². The summed E-state index contributed by atoms with van der Waals surface area (Å²) < 4.78 is 24.6. The van der Waals surface area contributed by atoms with Gasteiger partial charge in [-0.3, -0.25) is 0 Å². The molecule has 0 aromatic carbocycles. The molecule has 5 heteroatoms. The van der Waals surface area contributed by atoms with Crippen LogP contribution in [0, 0.1) is 0 Å². The minimum Gasteiger partial charge on any atom is -0.354 e. The molecule has 0 spiro atoms. The van der Waals surface area contributed by atoms with Gasteiger partial charge in [-0.05, 0) is 24.5 Å². The van der Waals surface area contributed by atoms with Crippen molar-refractivity contribution >= 4 is 9.84 Å². The molecular formula is C12H22N2O2S. The molecular weight excluding hydrogens is 236 g/mol. The Labute approximate surface area is 104 Å². The monoisotopic (exact) mass is 258 g/mol. The van der Waals surface area contributed by atoms with Crippen LogP contribution in [0.1, 0.15) is 38.3 Å². The highest BCUT2D eigenvalue weighted by molar-refractivity contribution is 7.91. The Kier molecular flexibility index (Phi) is 5.21. The summed E-state index contributed by atoms with van der Waals surface area (Å²) in [7, 11) is -2.84. The van der Waals surface area contributed by atoms with Gasteiger partial charge in [-0.25, -0.2) is 8.42 Å². The average Bonchev–Trinajstić information content (AvgIpc) is 2.76. The molecule has 1 aromatic heterocycles. The molecule has 0 radical (unpaired) electrons. The zero-order chi connectivity index (χ0) is 12.9. The third-order valence-electron chi connectivity index (χ3n) is 2.95. The van der Waals surface area contributed by atoms with Gasteiger partial charge in [0.2, 0.25) is 0 Å². The van der Waals surface area contributed by atoms with Crippen molar-refractivity contribution in [2.24, 2.45) is 5.73 Å². The fourth-order valence-corrected chi connectivity index (χ4v) is 2.52. The van der Waals surface area contributed by atoms with Crippen molar-refractivity contribution in [3.63, 3.8) is 0 Å². The quantitative estimate of drug-likeness (QED) is 0.810. The number of aryl methyl sites for hydroxylation is 1. The summed E-state index contributed by atoms with van der Waals surface area (Å²) in [6, 6.07) is 2.08. The van der Waals surface area contributed by atoms with E-state index in [0.29, 0.717) is 6.42 Å². The molecule has 0 aliphatic heterocycles. The van der Waals surface area contributed by atoms with E-state index in [9.17, 15) is 8.42 Å². The minimum atomic E-state index is -2.84. The summed E-state index contributed by atoms with van der Waals surface area (Å²) in [6.07, 6.45) is 5.54. The van der Waals surface area contributed by atoms with E-state index in [1.807, 2.05) is 23.0 Å². The van der Waals surface area contributed by atoms with E-state index in [2.05, 4.69) is 6.92 Å². The molecule has 1 atom stereocenters. The fourth-order valence-electron chi connectivity index (χ4n) is 1.66. The van der Waals surface area contributed by atoms with E-state index < -0.39 is 9.84 Å². The number of aromatic nitrogens is 1. The smallest absolute Gasteiger partial charge is 0.150 e. The molecule has 0 saturated heterocycles. The van der Waals surface area contributed by atoms with Crippen LogP contribution < -0.4 is 5.73 Å². The zero-order valence-corrected chi connectivity index (χ0v) is 11.4. The first kappa shape index (κ1) is 14.3. The van der Waals surface area contributed by atoms with E-state index in [-0.39, 0.29) is 17.5 Å². The Morgan fingerprint density at radius 3 is 2.71 bits per heavy atom. The summed E-state index contributed by atoms with van der Waals surface area (Å²) in [5.41, 5.74) is 7.03. The lowest BCUT2D eigenvalue weighted by Gasteiger charge is -2.06. The molecule has 1 rings (SSSR count). The highest BCUT2D eigenvalue weighted by Crippen LogP contribution is 2.14. The fraction of sp³-hybridized carbons (Fsp3) is 0.667. The molecule has 4 nitrogen and oxygen atoms in total. The second kappa shape index (κ2) is 6.21. The highest BCUT2D eigenvalue weighted by atomic mass is 32.2. The topological polar surface area (TPSA) is 65.1 Å². The summed E-state index contributed by atoms with van der Waals surface area (Å²) in [4.78, 5) is 0. The number of nitrogens with two attached hydrogens (primary N) is 1. The van der Waals surface area contributed by atoms with E-state index in [0.717, 1.165) is 18.5 Å². The van der Waals surface area contributed by atoms with Crippen LogP contribution in [0.2, 0.25) is 0 Å². The number of hydrogen-bond acceptors (Lipinski definition) is 3. The Bertz CT molecular complexity index is 437. The van der Waals surface area contributed by atoms with Crippen LogP contribution in [0.25, 0.3) is 0 Å². The molecule has 2 N–H and O–H groups in total. The van der Waals surface area contributed by atoms with Crippen LogP contribution in [0.4, 0.5) is 0 Å². The molecule has 0 bridgehead atoms. The van der Waals surface area contributed by atoms with E-state index >= 15 is 0 Å². The molecule has 17 heavy (non-hydrogen) atoms. The third-order valence-corrected chi connectivity index (χ3v) is 4.74. The predicted molar refractivity (Wildman–Crippen MR) is 70.6 cm³/mol. The summed E-state index contributed by atoms with van der Waals surface area (Å²) in [6.45, 7) is 4.47. The minimum absolute atomic E-state index is 0.0793. The van der Waals surface area contributed by atoms with Gasteiger partial charge in [0.15, 0.2) is 0 Å². The van der Waals surface area contributed by atoms with Gasteiger partial charge >= 0.3 is 0 Å². The first-order valence-corrected chi connectivity index (χ1v) is 7.92. The van der Waals surface area contributed by atoms with Crippen molar-refractivity contribution in [1.29, 1.82) is 0 Å². The largest absolute Gasteiger partial charge is 0.354 e. The maximum Gasteiger partial charge on any atom is 0.150 e. The molecule has 0 amide bonds. The van der Waals surface area contributed by atoms with Crippen molar-refractivity contribution in [1.82, 2.24) is 4.57 Å². The second-order valence-electron chi connectivity index (χ2n) is 4.29. The number of nitrogens with zero attached hydrogens (tertiary/aromatic N) is 1. The van der Waals surface area contributed by atoms with Crippen molar-refractivity contribution < 1.29 is 8.42 Å². The molecule has 0 fully saturated rings. The molecule has 0 saturated carbocycles. The van der Waals surface area contributed by atoms with Gasteiger partial charge in [0.1, 0.15) is 9.84 Å². The maximum atomic E-state index is 11.3. The molecule has 1 unspecified atom stereocenters. The van der Waals surface area contributed by atoms with Gasteiger partial charge in [-0.1, -0.05) is 13.8 Å². The normalized spacial score (nSPS) is 13.8. The highest BCUT2D eigenvalue weighted by Gasteiger charge is 2.08. The van der Waals surface area contributed by atoms with E-state index in [4.69, 9.17) is 5.73 Å². The lowest BCUT2D eigenvalue weighted by Crippen LogP contribution is -2.11. The summed E-state index contributed by atoms with van der Waals surface area (Å²) in [5.74, 6) is 0.488. The van der Waals surface area contributed by atoms with Gasteiger partial charge in [0.25, 0.3) is 0 Å². The van der Waals surface area contributed by atoms with Crippen molar-refractivity contribution in [2.45, 2.75) is 39.3 Å². The standard InChI is InChI=1S/C12H22N2O2S/c1-3-12(13)11-6-8-14(10-11)7-5-9-17(15,16)4-2/h6,8,10,12H,3-5,7,9,13H2,1-2H3. The van der Waals surface area contributed by atoms with Gasteiger partial charge in [-0.15, -0.1) is 0 Å². The number of hydrogen-bond donors (Lipinski definition) is 1. The second-order valence-corrected chi connectivity index (χ2v) is 6.76. The Hall–Kier alpha value is -0.810. The average molecular weight is 258 g/mol. The van der Waals surface area contributed by atoms with Crippen LogP contribution in [-0.4, -0.2) is 24.5 Å². The molecule has 0 aliphatic rings. The Balaban J connectivity index is 2.45. The van der Waals surface area contributed by atoms with Crippen LogP contribution in [-0.2, 0) is 16.4 Å². The van der Waals surface area contributed by atoms with E-state index in [1.165, 1.54) is 0 Å². The Morgan fingerprint density at radius 1 is 1.41 bits per heavy atom. The van der Waals surface area contributed by atoms with Crippen molar-refractivity contribution in [3.05, 3.63) is 24.0 Å². The SMILES string of the molecule is CCC(N)c1ccn(CCCS(=O)(=O)CC)c1. The van der Waals surface area contributed by atoms with Gasteiger partial charge in [0, 0.05) is 30.7 Å². The Morgan fingerprint density at radius 2 is 2.12 bits per heavy atom.